The van der Waals surface area contributed by atoms with Gasteiger partial charge in [-0.05, 0) is 25.7 Å². The van der Waals surface area contributed by atoms with E-state index >= 15 is 0 Å². The molecule has 1 aliphatic carbocycles. The fraction of sp³-hybridized carbons (Fsp3) is 0.889. The molecule has 0 radical (unpaired) electrons. The minimum Gasteiger partial charge on any atom is -0.341 e. The zero-order valence-electron chi connectivity index (χ0n) is 7.29. The van der Waals surface area contributed by atoms with Crippen LogP contribution in [0.5, 0.6) is 0 Å². The first-order chi connectivity index (χ1) is 5.70. The molecule has 2 aliphatic heterocycles. The Morgan fingerprint density at radius 1 is 1.33 bits per heavy atom. The van der Waals surface area contributed by atoms with Gasteiger partial charge in [-0.15, -0.1) is 11.6 Å². The molecule has 2 heterocycles. The Morgan fingerprint density at radius 3 is 2.75 bits per heavy atom. The van der Waals surface area contributed by atoms with E-state index in [1.165, 1.54) is 0 Å². The van der Waals surface area contributed by atoms with Gasteiger partial charge in [-0.1, -0.05) is 0 Å². The molecule has 12 heavy (non-hydrogen) atoms. The van der Waals surface area contributed by atoms with Crippen LogP contribution in [-0.2, 0) is 4.79 Å². The smallest absolute Gasteiger partial charge is 0.225 e. The van der Waals surface area contributed by atoms with Crippen LogP contribution in [0.25, 0.3) is 0 Å². The first-order valence-corrected chi connectivity index (χ1v) is 5.04. The lowest BCUT2D eigenvalue weighted by Gasteiger charge is -2.34. The van der Waals surface area contributed by atoms with E-state index in [-0.39, 0.29) is 11.3 Å². The third-order valence-electron chi connectivity index (χ3n) is 3.21. The average molecular weight is 188 g/mol. The molecular formula is C9H14ClNO. The second kappa shape index (κ2) is 2.91. The highest BCUT2D eigenvalue weighted by molar-refractivity contribution is 6.21. The molecule has 68 valence electrons. The zero-order chi connectivity index (χ0) is 8.72. The van der Waals surface area contributed by atoms with E-state index in [0.29, 0.717) is 11.9 Å². The van der Waals surface area contributed by atoms with Crippen molar-refractivity contribution in [1.29, 1.82) is 0 Å². The predicted molar refractivity (Wildman–Crippen MR) is 48.2 cm³/mol. The molecule has 0 aromatic rings. The van der Waals surface area contributed by atoms with Gasteiger partial charge in [0, 0.05) is 19.0 Å². The summed E-state index contributed by atoms with van der Waals surface area (Å²) < 4.78 is 0. The summed E-state index contributed by atoms with van der Waals surface area (Å²) in [5.74, 6) is 0.587. The number of halogens is 1. The van der Waals surface area contributed by atoms with E-state index in [0.717, 1.165) is 25.7 Å². The summed E-state index contributed by atoms with van der Waals surface area (Å²) in [7, 11) is 1.89. The average Bonchev–Trinajstić information content (AvgIpc) is 2.28. The molecule has 1 amide bonds. The highest BCUT2D eigenvalue weighted by atomic mass is 35.5. The molecule has 2 nitrogen and oxygen atoms in total. The van der Waals surface area contributed by atoms with Gasteiger partial charge < -0.3 is 4.90 Å². The molecule has 0 aromatic heterocycles. The lowest BCUT2D eigenvalue weighted by molar-refractivity contribution is -0.138. The van der Waals surface area contributed by atoms with Crippen molar-refractivity contribution >= 4 is 17.5 Å². The van der Waals surface area contributed by atoms with Crippen LogP contribution in [0, 0.1) is 5.92 Å². The van der Waals surface area contributed by atoms with Gasteiger partial charge >= 0.3 is 0 Å². The number of carbonyl (C=O) groups excluding carboxylic acids is 1. The Bertz CT molecular complexity index is 207. The third-order valence-corrected chi connectivity index (χ3v) is 3.72. The van der Waals surface area contributed by atoms with Gasteiger partial charge in [-0.25, -0.2) is 0 Å². The summed E-state index contributed by atoms with van der Waals surface area (Å²) in [6.45, 7) is 0. The molecule has 2 saturated heterocycles. The van der Waals surface area contributed by atoms with Gasteiger partial charge in [-0.3, -0.25) is 4.79 Å². The highest BCUT2D eigenvalue weighted by Crippen LogP contribution is 2.35. The van der Waals surface area contributed by atoms with Crippen LogP contribution in [0.3, 0.4) is 0 Å². The number of fused-ring (bicyclic) bond motifs is 4. The lowest BCUT2D eigenvalue weighted by atomic mass is 9.94. The van der Waals surface area contributed by atoms with Gasteiger partial charge in [0.1, 0.15) is 0 Å². The van der Waals surface area contributed by atoms with Crippen molar-refractivity contribution in [2.75, 3.05) is 7.05 Å². The number of piperidine rings is 1. The maximum Gasteiger partial charge on any atom is 0.225 e. The van der Waals surface area contributed by atoms with Gasteiger partial charge in [0.15, 0.2) is 0 Å². The Morgan fingerprint density at radius 2 is 2.00 bits per heavy atom. The summed E-state index contributed by atoms with van der Waals surface area (Å²) in [4.78, 5) is 13.5. The van der Waals surface area contributed by atoms with Crippen LogP contribution >= 0.6 is 11.6 Å². The minimum absolute atomic E-state index is 0.187. The second-order valence-electron chi connectivity index (χ2n) is 3.88. The van der Waals surface area contributed by atoms with E-state index < -0.39 is 0 Å². The van der Waals surface area contributed by atoms with Crippen LogP contribution in [-0.4, -0.2) is 29.3 Å². The van der Waals surface area contributed by atoms with Crippen molar-refractivity contribution < 1.29 is 4.79 Å². The Hall–Kier alpha value is -0.240. The fourth-order valence-corrected chi connectivity index (χ4v) is 2.81. The maximum absolute atomic E-state index is 11.6. The lowest BCUT2D eigenvalue weighted by Crippen LogP contribution is -2.46. The van der Waals surface area contributed by atoms with Gasteiger partial charge in [0.25, 0.3) is 0 Å². The number of nitrogens with zero attached hydrogens (tertiary/aromatic N) is 1. The zero-order valence-corrected chi connectivity index (χ0v) is 8.05. The van der Waals surface area contributed by atoms with Crippen LogP contribution < -0.4 is 0 Å². The highest BCUT2D eigenvalue weighted by Gasteiger charge is 2.39. The van der Waals surface area contributed by atoms with Gasteiger partial charge in [0.05, 0.1) is 5.38 Å². The van der Waals surface area contributed by atoms with Crippen molar-refractivity contribution in [3.8, 4) is 0 Å². The number of hydrogen-bond donors (Lipinski definition) is 0. The Balaban J connectivity index is 2.25. The van der Waals surface area contributed by atoms with E-state index in [9.17, 15) is 4.79 Å². The SMILES string of the molecule is CN1C(=O)C2CCC(Cl)C1CC2. The van der Waals surface area contributed by atoms with E-state index in [2.05, 4.69) is 0 Å². The summed E-state index contributed by atoms with van der Waals surface area (Å²) >= 11 is 6.18. The van der Waals surface area contributed by atoms with Crippen molar-refractivity contribution in [2.45, 2.75) is 37.1 Å². The second-order valence-corrected chi connectivity index (χ2v) is 4.44. The minimum atomic E-state index is 0.187. The van der Waals surface area contributed by atoms with Gasteiger partial charge in [-0.2, -0.15) is 0 Å². The summed E-state index contributed by atoms with van der Waals surface area (Å²) in [6.07, 6.45) is 4.15. The molecule has 3 fully saturated rings. The van der Waals surface area contributed by atoms with E-state index in [4.69, 9.17) is 11.6 Å². The van der Waals surface area contributed by atoms with E-state index in [1.807, 2.05) is 11.9 Å². The van der Waals surface area contributed by atoms with Crippen molar-refractivity contribution in [1.82, 2.24) is 4.90 Å². The predicted octanol–water partition coefficient (Wildman–Crippen LogP) is 1.62. The molecule has 2 bridgehead atoms. The standard InChI is InChI=1S/C9H14ClNO/c1-11-8-5-3-6(9(11)12)2-4-7(8)10/h6-8H,2-5H2,1H3. The first-order valence-electron chi connectivity index (χ1n) is 4.61. The van der Waals surface area contributed by atoms with Crippen LogP contribution in [0.4, 0.5) is 0 Å². The molecule has 0 aromatic carbocycles. The Labute approximate surface area is 77.9 Å². The Kier molecular flexibility index (Phi) is 2.03. The van der Waals surface area contributed by atoms with Crippen LogP contribution in [0.2, 0.25) is 0 Å². The number of rotatable bonds is 0. The number of amides is 1. The molecular weight excluding hydrogens is 174 g/mol. The monoisotopic (exact) mass is 187 g/mol. The van der Waals surface area contributed by atoms with Crippen molar-refractivity contribution in [3.05, 3.63) is 0 Å². The molecule has 3 atom stereocenters. The number of hydrogen-bond acceptors (Lipinski definition) is 1. The molecule has 3 unspecified atom stereocenters. The fourth-order valence-electron chi connectivity index (χ4n) is 2.38. The number of carbonyl (C=O) groups is 1. The summed E-state index contributed by atoms with van der Waals surface area (Å²) in [6, 6.07) is 0.304. The number of alkyl halides is 1. The molecule has 3 rings (SSSR count). The summed E-state index contributed by atoms with van der Waals surface area (Å²) in [5, 5.41) is 0.187. The normalized spacial score (nSPS) is 41.7. The maximum atomic E-state index is 11.6. The van der Waals surface area contributed by atoms with Crippen LogP contribution in [0.15, 0.2) is 0 Å². The quantitative estimate of drug-likeness (QED) is 0.528. The van der Waals surface area contributed by atoms with Crippen molar-refractivity contribution in [3.63, 3.8) is 0 Å². The van der Waals surface area contributed by atoms with Crippen LogP contribution in [0.1, 0.15) is 25.7 Å². The molecule has 0 N–H and O–H groups in total. The topological polar surface area (TPSA) is 20.3 Å². The van der Waals surface area contributed by atoms with Gasteiger partial charge in [0.2, 0.25) is 5.91 Å². The summed E-state index contributed by atoms with van der Waals surface area (Å²) in [5.41, 5.74) is 0. The molecule has 0 spiro atoms. The third kappa shape index (κ3) is 1.13. The molecule has 3 heteroatoms. The molecule has 1 saturated carbocycles. The molecule has 3 aliphatic rings. The first kappa shape index (κ1) is 8.36. The largest absolute Gasteiger partial charge is 0.341 e. The van der Waals surface area contributed by atoms with E-state index in [1.54, 1.807) is 0 Å². The van der Waals surface area contributed by atoms with Crippen molar-refractivity contribution in [2.24, 2.45) is 5.92 Å².